The molecule has 1 aliphatic carbocycles. The molecule has 4 atom stereocenters. The lowest BCUT2D eigenvalue weighted by molar-refractivity contribution is -0.134. The van der Waals surface area contributed by atoms with Crippen molar-refractivity contribution in [1.29, 1.82) is 0 Å². The SMILES string of the molecule is COc1ccc(C[C@H](NC(=O)[C@H](C)NC(=O)CN2CCOCC2)C(=O)N[C@@H](CC2=CCCCC2)C(=O)[C@@]2(C)CO2)cc1O. The second-order valence-corrected chi connectivity index (χ2v) is 11.7. The number of carbonyl (C=O) groups excluding carboxylic acids is 4. The third-order valence-corrected chi connectivity index (χ3v) is 8.14. The molecule has 2 saturated heterocycles. The van der Waals surface area contributed by atoms with Crippen LogP contribution in [-0.2, 0) is 35.1 Å². The Balaban J connectivity index is 1.47. The van der Waals surface area contributed by atoms with Gasteiger partial charge in [0.2, 0.25) is 17.7 Å². The minimum Gasteiger partial charge on any atom is -0.504 e. The largest absolute Gasteiger partial charge is 0.504 e. The Morgan fingerprint density at radius 1 is 1.05 bits per heavy atom. The molecule has 0 saturated carbocycles. The number of methoxy groups -OCH3 is 1. The first-order chi connectivity index (χ1) is 20.6. The summed E-state index contributed by atoms with van der Waals surface area (Å²) in [6.07, 6.45) is 6.47. The molecule has 1 aromatic carbocycles. The van der Waals surface area contributed by atoms with Crippen molar-refractivity contribution in [3.8, 4) is 11.5 Å². The highest BCUT2D eigenvalue weighted by molar-refractivity contribution is 5.98. The molecule has 0 aromatic heterocycles. The quantitative estimate of drug-likeness (QED) is 0.181. The van der Waals surface area contributed by atoms with Crippen molar-refractivity contribution in [2.45, 2.75) is 76.1 Å². The van der Waals surface area contributed by atoms with Crippen molar-refractivity contribution >= 4 is 23.5 Å². The number of morpholine rings is 1. The molecule has 43 heavy (non-hydrogen) atoms. The molecule has 1 aromatic rings. The van der Waals surface area contributed by atoms with Crippen LogP contribution < -0.4 is 20.7 Å². The minimum atomic E-state index is -1.09. The maximum atomic E-state index is 13.8. The van der Waals surface area contributed by atoms with Gasteiger partial charge in [-0.25, -0.2) is 0 Å². The summed E-state index contributed by atoms with van der Waals surface area (Å²) in [5.74, 6) is -1.45. The number of rotatable bonds is 14. The number of phenolic OH excluding ortho intramolecular Hbond substituents is 1. The second-order valence-electron chi connectivity index (χ2n) is 11.7. The molecule has 2 heterocycles. The first-order valence-electron chi connectivity index (χ1n) is 15.0. The van der Waals surface area contributed by atoms with Crippen molar-refractivity contribution < 1.29 is 38.5 Å². The summed E-state index contributed by atoms with van der Waals surface area (Å²) in [6.45, 7) is 6.05. The number of Topliss-reactive ketones (excluding diaryl/α,β-unsaturated/α-hetero) is 1. The molecule has 12 heteroatoms. The van der Waals surface area contributed by atoms with Crippen LogP contribution in [0.25, 0.3) is 0 Å². The standard InChI is InChI=1S/C31H44N4O8/c1-20(32-27(37)18-35-11-13-42-14-12-35)29(39)34-24(16-22-9-10-26(41-3)25(36)17-22)30(40)33-23(28(38)31(2)19-43-31)15-21-7-5-4-6-8-21/h7,9-10,17,20,23-24,36H,4-6,8,11-16,18-19H2,1-3H3,(H,32,37)(H,33,40)(H,34,39)/t20-,23-,24-,31+/m0/s1. The Labute approximate surface area is 252 Å². The number of amides is 3. The van der Waals surface area contributed by atoms with Gasteiger partial charge in [-0.3, -0.25) is 24.1 Å². The number of epoxide rings is 1. The normalized spacial score (nSPS) is 22.3. The molecule has 12 nitrogen and oxygen atoms in total. The van der Waals surface area contributed by atoms with E-state index in [9.17, 15) is 24.3 Å². The smallest absolute Gasteiger partial charge is 0.243 e. The lowest BCUT2D eigenvalue weighted by Gasteiger charge is -2.27. The zero-order chi connectivity index (χ0) is 31.0. The number of ketones is 1. The van der Waals surface area contributed by atoms with Crippen LogP contribution in [0, 0.1) is 0 Å². The molecule has 4 rings (SSSR count). The number of nitrogens with one attached hydrogen (secondary N) is 3. The summed E-state index contributed by atoms with van der Waals surface area (Å²) in [4.78, 5) is 54.9. The summed E-state index contributed by atoms with van der Waals surface area (Å²) in [5, 5.41) is 18.7. The van der Waals surface area contributed by atoms with Gasteiger partial charge in [0.25, 0.3) is 0 Å². The summed E-state index contributed by atoms with van der Waals surface area (Å²) < 4.78 is 15.8. The third-order valence-electron chi connectivity index (χ3n) is 8.14. The van der Waals surface area contributed by atoms with Crippen LogP contribution in [0.4, 0.5) is 0 Å². The number of nitrogens with zero attached hydrogens (tertiary/aromatic N) is 1. The molecule has 2 fully saturated rings. The highest BCUT2D eigenvalue weighted by Crippen LogP contribution is 2.31. The number of ether oxygens (including phenoxy) is 3. The van der Waals surface area contributed by atoms with Gasteiger partial charge in [-0.2, -0.15) is 0 Å². The topological polar surface area (TPSA) is 159 Å². The Hall–Kier alpha value is -3.48. The summed E-state index contributed by atoms with van der Waals surface area (Å²) in [5.41, 5.74) is 0.747. The molecule has 0 spiro atoms. The number of hydrogen-bond acceptors (Lipinski definition) is 9. The first kappa shape index (κ1) is 32.4. The summed E-state index contributed by atoms with van der Waals surface area (Å²) in [6, 6.07) is 1.89. The highest BCUT2D eigenvalue weighted by Gasteiger charge is 2.50. The van der Waals surface area contributed by atoms with Gasteiger partial charge in [-0.05, 0) is 63.6 Å². The average molecular weight is 601 g/mol. The van der Waals surface area contributed by atoms with Crippen molar-refractivity contribution in [2.24, 2.45) is 0 Å². The first-order valence-corrected chi connectivity index (χ1v) is 15.0. The predicted molar refractivity (Wildman–Crippen MR) is 158 cm³/mol. The number of benzene rings is 1. The molecule has 4 N–H and O–H groups in total. The van der Waals surface area contributed by atoms with Crippen LogP contribution in [0.15, 0.2) is 29.8 Å². The monoisotopic (exact) mass is 600 g/mol. The molecule has 3 amide bonds. The van der Waals surface area contributed by atoms with E-state index in [0.29, 0.717) is 44.9 Å². The van der Waals surface area contributed by atoms with E-state index in [-0.39, 0.29) is 36.2 Å². The summed E-state index contributed by atoms with van der Waals surface area (Å²) >= 11 is 0. The molecule has 0 radical (unpaired) electrons. The second kappa shape index (κ2) is 14.8. The van der Waals surface area contributed by atoms with Crippen LogP contribution in [0.5, 0.6) is 11.5 Å². The van der Waals surface area contributed by atoms with Crippen LogP contribution in [-0.4, -0.2) is 104 Å². The van der Waals surface area contributed by atoms with E-state index in [2.05, 4.69) is 22.0 Å². The fourth-order valence-corrected chi connectivity index (χ4v) is 5.37. The number of allylic oxidation sites excluding steroid dienone is 1. The van der Waals surface area contributed by atoms with E-state index in [0.717, 1.165) is 31.3 Å². The molecular formula is C31H44N4O8. The molecule has 2 aliphatic heterocycles. The third kappa shape index (κ3) is 9.25. The van der Waals surface area contributed by atoms with Gasteiger partial charge in [0.1, 0.15) is 17.7 Å². The summed E-state index contributed by atoms with van der Waals surface area (Å²) in [7, 11) is 1.43. The van der Waals surface area contributed by atoms with Gasteiger partial charge in [-0.1, -0.05) is 17.7 Å². The molecule has 0 bridgehead atoms. The lowest BCUT2D eigenvalue weighted by Crippen LogP contribution is -2.57. The van der Waals surface area contributed by atoms with E-state index in [1.807, 2.05) is 4.90 Å². The predicted octanol–water partition coefficient (Wildman–Crippen LogP) is 0.998. The van der Waals surface area contributed by atoms with Crippen LogP contribution in [0.1, 0.15) is 51.5 Å². The van der Waals surface area contributed by atoms with Crippen molar-refractivity contribution in [3.05, 3.63) is 35.4 Å². The van der Waals surface area contributed by atoms with Crippen LogP contribution in [0.3, 0.4) is 0 Å². The van der Waals surface area contributed by atoms with E-state index >= 15 is 0 Å². The van der Waals surface area contributed by atoms with E-state index in [1.165, 1.54) is 13.2 Å². The van der Waals surface area contributed by atoms with E-state index < -0.39 is 35.5 Å². The van der Waals surface area contributed by atoms with Gasteiger partial charge in [0, 0.05) is 19.5 Å². The maximum Gasteiger partial charge on any atom is 0.243 e. The number of aromatic hydroxyl groups is 1. The van der Waals surface area contributed by atoms with Gasteiger partial charge >= 0.3 is 0 Å². The van der Waals surface area contributed by atoms with Crippen molar-refractivity contribution in [3.63, 3.8) is 0 Å². The van der Waals surface area contributed by atoms with E-state index in [4.69, 9.17) is 14.2 Å². The van der Waals surface area contributed by atoms with Crippen LogP contribution in [0.2, 0.25) is 0 Å². The fourth-order valence-electron chi connectivity index (χ4n) is 5.37. The van der Waals surface area contributed by atoms with Gasteiger partial charge in [0.05, 0.1) is 39.5 Å². The highest BCUT2D eigenvalue weighted by atomic mass is 16.6. The Morgan fingerprint density at radius 2 is 1.77 bits per heavy atom. The number of phenols is 1. The van der Waals surface area contributed by atoms with E-state index in [1.54, 1.807) is 26.0 Å². The Bertz CT molecular complexity index is 1210. The molecule has 236 valence electrons. The Morgan fingerprint density at radius 3 is 2.40 bits per heavy atom. The number of carbonyl (C=O) groups is 4. The number of hydrogen-bond donors (Lipinski definition) is 4. The minimum absolute atomic E-state index is 0.0287. The van der Waals surface area contributed by atoms with Crippen molar-refractivity contribution in [1.82, 2.24) is 20.9 Å². The van der Waals surface area contributed by atoms with Gasteiger partial charge < -0.3 is 35.3 Å². The Kier molecular flexibility index (Phi) is 11.2. The van der Waals surface area contributed by atoms with Gasteiger partial charge in [0.15, 0.2) is 17.3 Å². The van der Waals surface area contributed by atoms with Gasteiger partial charge in [-0.15, -0.1) is 0 Å². The molecular weight excluding hydrogens is 556 g/mol. The lowest BCUT2D eigenvalue weighted by atomic mass is 9.89. The zero-order valence-electron chi connectivity index (χ0n) is 25.3. The fraction of sp³-hybridized carbons (Fsp3) is 0.613. The molecule has 3 aliphatic rings. The van der Waals surface area contributed by atoms with Crippen LogP contribution >= 0.6 is 0 Å². The van der Waals surface area contributed by atoms with Crippen molar-refractivity contribution in [2.75, 3.05) is 46.6 Å². The maximum absolute atomic E-state index is 13.8. The zero-order valence-corrected chi connectivity index (χ0v) is 25.3. The average Bonchev–Trinajstić information content (AvgIpc) is 3.75. The molecule has 0 unspecified atom stereocenters.